The quantitative estimate of drug-likeness (QED) is 0.114. The van der Waals surface area contributed by atoms with Crippen molar-refractivity contribution in [2.45, 2.75) is 49.9 Å². The molecule has 0 aromatic heterocycles. The molecule has 3 aromatic rings. The van der Waals surface area contributed by atoms with Gasteiger partial charge in [0.2, 0.25) is 11.8 Å². The average Bonchev–Trinajstić information content (AvgIpc) is 3.14. The molecule has 49 heavy (non-hydrogen) atoms. The zero-order valence-corrected chi connectivity index (χ0v) is 28.0. The van der Waals surface area contributed by atoms with Crippen LogP contribution in [-0.2, 0) is 51.4 Å². The highest BCUT2D eigenvalue weighted by atomic mass is 32.2. The van der Waals surface area contributed by atoms with E-state index in [9.17, 15) is 24.0 Å². The number of benzene rings is 3. The maximum Gasteiger partial charge on any atom is 0.333 e. The number of ether oxygens (including phenoxy) is 5. The minimum Gasteiger partial charge on any atom is -0.497 e. The van der Waals surface area contributed by atoms with Gasteiger partial charge in [0.25, 0.3) is 0 Å². The predicted octanol–water partition coefficient (Wildman–Crippen LogP) is 3.88. The Bertz CT molecular complexity index is 1690. The maximum atomic E-state index is 13.7. The summed E-state index contributed by atoms with van der Waals surface area (Å²) in [6.45, 7) is 1.28. The number of nitrogens with one attached hydrogen (secondary N) is 1. The lowest BCUT2D eigenvalue weighted by molar-refractivity contribution is -0.165. The number of fused-ring (bicyclic) bond motifs is 1. The zero-order chi connectivity index (χ0) is 34.9. The van der Waals surface area contributed by atoms with E-state index in [1.54, 1.807) is 105 Å². The number of carbonyl (C=O) groups is 5. The molecule has 3 aromatic carbocycles. The van der Waals surface area contributed by atoms with Crippen LogP contribution >= 0.6 is 11.8 Å². The zero-order valence-electron chi connectivity index (χ0n) is 27.2. The molecule has 3 unspecified atom stereocenters. The van der Waals surface area contributed by atoms with Crippen LogP contribution < -0.4 is 14.8 Å². The first-order valence-corrected chi connectivity index (χ1v) is 16.4. The monoisotopic (exact) mass is 688 g/mol. The van der Waals surface area contributed by atoms with E-state index in [2.05, 4.69) is 5.32 Å². The third-order valence-electron chi connectivity index (χ3n) is 7.99. The summed E-state index contributed by atoms with van der Waals surface area (Å²) in [4.78, 5) is 67.5. The first-order valence-electron chi connectivity index (χ1n) is 15.5. The van der Waals surface area contributed by atoms with Gasteiger partial charge in [-0.1, -0.05) is 61.5 Å². The van der Waals surface area contributed by atoms with Crippen molar-refractivity contribution in [1.29, 1.82) is 0 Å². The van der Waals surface area contributed by atoms with Crippen LogP contribution in [0, 0.1) is 0 Å². The van der Waals surface area contributed by atoms with Crippen molar-refractivity contribution in [2.75, 3.05) is 20.8 Å². The smallest absolute Gasteiger partial charge is 0.333 e. The third kappa shape index (κ3) is 8.23. The molecule has 5 rings (SSSR count). The summed E-state index contributed by atoms with van der Waals surface area (Å²) >= 11 is 1.19. The molecule has 1 N–H and O–H groups in total. The number of esters is 3. The molecule has 4 atom stereocenters. The number of hydrogen-bond acceptors (Lipinski definition) is 11. The summed E-state index contributed by atoms with van der Waals surface area (Å²) in [5.41, 5.74) is 2.15. The Morgan fingerprint density at radius 2 is 1.39 bits per heavy atom. The lowest BCUT2D eigenvalue weighted by Crippen LogP contribution is -2.74. The highest BCUT2D eigenvalue weighted by Gasteiger charge is 2.57. The number of hydrogen-bond donors (Lipinski definition) is 1. The summed E-state index contributed by atoms with van der Waals surface area (Å²) < 4.78 is 26.8. The number of β-lactam (4-membered cyclic amide) rings is 1. The molecule has 0 aliphatic carbocycles. The molecule has 2 aliphatic heterocycles. The Morgan fingerprint density at radius 3 is 1.96 bits per heavy atom. The van der Waals surface area contributed by atoms with Crippen LogP contribution in [0.25, 0.3) is 0 Å². The Morgan fingerprint density at radius 1 is 0.796 bits per heavy atom. The summed E-state index contributed by atoms with van der Waals surface area (Å²) in [5, 5.41) is 3.67. The number of rotatable bonds is 14. The van der Waals surface area contributed by atoms with E-state index in [0.29, 0.717) is 33.8 Å². The van der Waals surface area contributed by atoms with Crippen LogP contribution in [0.2, 0.25) is 0 Å². The topological polar surface area (TPSA) is 147 Å². The minimum atomic E-state index is -1.36. The van der Waals surface area contributed by atoms with E-state index >= 15 is 0 Å². The lowest BCUT2D eigenvalue weighted by Gasteiger charge is -2.51. The highest BCUT2D eigenvalue weighted by Crippen LogP contribution is 2.41. The molecule has 12 nitrogen and oxygen atoms in total. The number of nitrogens with zero attached hydrogens (tertiary/aromatic N) is 1. The first kappa shape index (κ1) is 35.0. The van der Waals surface area contributed by atoms with Crippen molar-refractivity contribution < 1.29 is 47.7 Å². The Labute approximate surface area is 287 Å². The van der Waals surface area contributed by atoms with Crippen molar-refractivity contribution in [3.05, 3.63) is 107 Å². The Hall–Kier alpha value is -5.30. The molecule has 13 heteroatoms. The second-order valence-electron chi connectivity index (χ2n) is 11.1. The van der Waals surface area contributed by atoms with Crippen LogP contribution in [-0.4, -0.2) is 72.9 Å². The van der Waals surface area contributed by atoms with Crippen LogP contribution in [0.3, 0.4) is 0 Å². The van der Waals surface area contributed by atoms with Gasteiger partial charge in [0.1, 0.15) is 42.7 Å². The molecule has 1 saturated heterocycles. The van der Waals surface area contributed by atoms with E-state index in [-0.39, 0.29) is 26.2 Å². The van der Waals surface area contributed by atoms with Gasteiger partial charge in [0.15, 0.2) is 12.0 Å². The lowest BCUT2D eigenvalue weighted by atomic mass is 9.95. The molecular weight excluding hydrogens is 652 g/mol. The summed E-state index contributed by atoms with van der Waals surface area (Å²) in [6, 6.07) is 20.1. The normalized spacial score (nSPS) is 18.5. The second kappa shape index (κ2) is 16.2. The summed E-state index contributed by atoms with van der Waals surface area (Å²) in [6.07, 6.45) is 0.136. The molecule has 0 spiro atoms. The molecule has 1 fully saturated rings. The fourth-order valence-electron chi connectivity index (χ4n) is 5.27. The van der Waals surface area contributed by atoms with Crippen LogP contribution in [0.4, 0.5) is 0 Å². The van der Waals surface area contributed by atoms with Crippen molar-refractivity contribution in [3.63, 3.8) is 0 Å². The summed E-state index contributed by atoms with van der Waals surface area (Å²) in [5.74, 6) is -3.33. The maximum absolute atomic E-state index is 13.7. The van der Waals surface area contributed by atoms with Gasteiger partial charge in [-0.05, 0) is 46.4 Å². The summed E-state index contributed by atoms with van der Waals surface area (Å²) in [7, 11) is 3.09. The molecular formula is C36H36N2O10S. The highest BCUT2D eigenvalue weighted by molar-refractivity contribution is 8.03. The molecule has 0 saturated carbocycles. The van der Waals surface area contributed by atoms with Gasteiger partial charge in [-0.15, -0.1) is 11.8 Å². The molecule has 2 aliphatic rings. The van der Waals surface area contributed by atoms with Gasteiger partial charge in [-0.3, -0.25) is 19.2 Å². The molecule has 2 amide bonds. The van der Waals surface area contributed by atoms with Gasteiger partial charge in [0, 0.05) is 12.0 Å². The Kier molecular flexibility index (Phi) is 11.6. The van der Waals surface area contributed by atoms with Crippen LogP contribution in [0.1, 0.15) is 36.0 Å². The van der Waals surface area contributed by atoms with E-state index in [0.717, 1.165) is 0 Å². The predicted molar refractivity (Wildman–Crippen MR) is 178 cm³/mol. The average molecular weight is 689 g/mol. The van der Waals surface area contributed by atoms with E-state index in [4.69, 9.17) is 23.7 Å². The van der Waals surface area contributed by atoms with E-state index in [1.807, 2.05) is 0 Å². The van der Waals surface area contributed by atoms with Gasteiger partial charge >= 0.3 is 17.9 Å². The van der Waals surface area contributed by atoms with Crippen molar-refractivity contribution in [1.82, 2.24) is 10.2 Å². The Balaban J connectivity index is 1.30. The fraction of sp³-hybridized carbons (Fsp3) is 0.306. The van der Waals surface area contributed by atoms with E-state index in [1.165, 1.54) is 16.7 Å². The standard InChI is InChI=1S/C36H36N2O10S/c1-4-28(39)46-20-25-21-49-34-30(33(41)38(34)31(25)36(43)48-19-23-12-16-27(45-3)17-13-23)37-32(40)29(24-8-6-5-7-9-24)35(42)47-18-22-10-14-26(44-2)15-11-22/h5-17,21,29-31,34H,4,18-20H2,1-3H3,(H,37,40)/t29?,30?,31?,34-/m1/s1. The molecule has 0 radical (unpaired) electrons. The molecule has 0 bridgehead atoms. The van der Waals surface area contributed by atoms with Gasteiger partial charge in [0.05, 0.1) is 14.2 Å². The SMILES string of the molecule is CCC(=O)OCC1=CS[C@@H]2C(NC(=O)C(C(=O)OCc3ccc(OC)cc3)c3ccccc3)C(=O)N2C1C(=O)OCc1ccc(OC)cc1. The number of carbonyl (C=O) groups excluding carboxylic acids is 5. The van der Waals surface area contributed by atoms with Crippen molar-refractivity contribution >= 4 is 41.5 Å². The minimum absolute atomic E-state index is 0.0707. The molecule has 2 heterocycles. The van der Waals surface area contributed by atoms with Gasteiger partial charge in [-0.25, -0.2) is 4.79 Å². The van der Waals surface area contributed by atoms with Crippen molar-refractivity contribution in [2.24, 2.45) is 0 Å². The number of amides is 2. The van der Waals surface area contributed by atoms with E-state index < -0.39 is 53.1 Å². The number of thioether (sulfide) groups is 1. The molecule has 256 valence electrons. The van der Waals surface area contributed by atoms with Crippen molar-refractivity contribution in [3.8, 4) is 11.5 Å². The second-order valence-corrected chi connectivity index (χ2v) is 12.1. The van der Waals surface area contributed by atoms with Crippen LogP contribution in [0.5, 0.6) is 11.5 Å². The van der Waals surface area contributed by atoms with Gasteiger partial charge < -0.3 is 33.9 Å². The fourth-order valence-corrected chi connectivity index (χ4v) is 6.48. The van der Waals surface area contributed by atoms with Crippen LogP contribution in [0.15, 0.2) is 89.8 Å². The first-order chi connectivity index (χ1) is 23.7. The largest absolute Gasteiger partial charge is 0.497 e. The van der Waals surface area contributed by atoms with Gasteiger partial charge in [-0.2, -0.15) is 0 Å². The third-order valence-corrected chi connectivity index (χ3v) is 9.21. The number of methoxy groups -OCH3 is 2.